The van der Waals surface area contributed by atoms with Crippen LogP contribution < -0.4 is 10.9 Å². The van der Waals surface area contributed by atoms with E-state index < -0.39 is 11.4 Å². The second kappa shape index (κ2) is 6.67. The van der Waals surface area contributed by atoms with Gasteiger partial charge in [0.1, 0.15) is 22.8 Å². The maximum absolute atomic E-state index is 14.1. The number of hydrogen-bond donors (Lipinski definition) is 2. The lowest BCUT2D eigenvalue weighted by molar-refractivity contribution is 0.240. The molecule has 3 heterocycles. The van der Waals surface area contributed by atoms with Crippen LogP contribution in [0.15, 0.2) is 41.5 Å². The van der Waals surface area contributed by atoms with Crippen LogP contribution in [0.25, 0.3) is 28.0 Å². The minimum atomic E-state index is -0.548. The molecule has 1 aromatic carbocycles. The van der Waals surface area contributed by atoms with E-state index in [1.807, 2.05) is 6.92 Å². The molecule has 0 atom stereocenters. The molecule has 1 aromatic heterocycles. The molecule has 4 rings (SSSR count). The highest BCUT2D eigenvalue weighted by Gasteiger charge is 2.23. The third kappa shape index (κ3) is 2.77. The van der Waals surface area contributed by atoms with Crippen molar-refractivity contribution in [1.82, 2.24) is 29.9 Å². The minimum Gasteiger partial charge on any atom is -0.345 e. The summed E-state index contributed by atoms with van der Waals surface area (Å²) in [6.07, 6.45) is 4.76. The Balaban J connectivity index is 1.82. The van der Waals surface area contributed by atoms with Gasteiger partial charge < -0.3 is 10.3 Å². The number of H-pyrrole nitrogens is 1. The number of amides is 1. The normalized spacial score (nSPS) is 11.3. The molecule has 9 heteroatoms. The van der Waals surface area contributed by atoms with E-state index in [1.165, 1.54) is 29.2 Å². The molecule has 138 valence electrons. The summed E-state index contributed by atoms with van der Waals surface area (Å²) in [5, 5.41) is 11.7. The molecule has 2 N–H and O–H groups in total. The van der Waals surface area contributed by atoms with E-state index in [1.54, 1.807) is 12.1 Å². The Labute approximate surface area is 153 Å². The summed E-state index contributed by atoms with van der Waals surface area (Å²) < 4.78 is 16.3. The molecule has 0 unspecified atom stereocenters. The van der Waals surface area contributed by atoms with Crippen molar-refractivity contribution in [3.63, 3.8) is 0 Å². The van der Waals surface area contributed by atoms with Crippen LogP contribution >= 0.6 is 0 Å². The van der Waals surface area contributed by atoms with Crippen molar-refractivity contribution in [3.05, 3.63) is 52.8 Å². The summed E-state index contributed by atoms with van der Waals surface area (Å²) in [7, 11) is 0. The number of para-hydroxylation sites is 1. The lowest BCUT2D eigenvalue weighted by Crippen LogP contribution is -2.30. The van der Waals surface area contributed by atoms with Crippen molar-refractivity contribution >= 4 is 17.1 Å². The Kier molecular flexibility index (Phi) is 4.19. The Bertz CT molecular complexity index is 1160. The maximum Gasteiger partial charge on any atom is 0.344 e. The zero-order chi connectivity index (χ0) is 19.0. The number of hydrogen-bond acceptors (Lipinski definition) is 4. The van der Waals surface area contributed by atoms with Crippen molar-refractivity contribution in [2.45, 2.75) is 19.8 Å². The number of carbonyl (C=O) groups is 1. The van der Waals surface area contributed by atoms with E-state index >= 15 is 0 Å². The summed E-state index contributed by atoms with van der Waals surface area (Å²) in [5.41, 5.74) is 0.668. The fourth-order valence-corrected chi connectivity index (χ4v) is 2.93. The van der Waals surface area contributed by atoms with Gasteiger partial charge in [-0.15, -0.1) is 0 Å². The Morgan fingerprint density at radius 2 is 2.15 bits per heavy atom. The van der Waals surface area contributed by atoms with Gasteiger partial charge in [-0.05, 0) is 18.6 Å². The van der Waals surface area contributed by atoms with Gasteiger partial charge in [-0.2, -0.15) is 19.6 Å². The maximum atomic E-state index is 14.1. The molecule has 2 aromatic rings. The predicted octanol–water partition coefficient (Wildman–Crippen LogP) is 2.51. The molecule has 0 bridgehead atoms. The topological polar surface area (TPSA) is 97.6 Å². The van der Waals surface area contributed by atoms with E-state index in [-0.39, 0.29) is 17.3 Å². The number of carbonyl (C=O) groups excluding carboxylic acids is 1. The number of pyridine rings is 1. The molecule has 0 saturated carbocycles. The Morgan fingerprint density at radius 3 is 2.93 bits per heavy atom. The Morgan fingerprint density at radius 1 is 1.33 bits per heavy atom. The molecule has 8 nitrogen and oxygen atoms in total. The van der Waals surface area contributed by atoms with Crippen LogP contribution in [0.1, 0.15) is 19.8 Å². The van der Waals surface area contributed by atoms with E-state index in [0.29, 0.717) is 23.3 Å². The molecular formula is C18H17FN6O2. The summed E-state index contributed by atoms with van der Waals surface area (Å²) >= 11 is 0. The molecule has 2 aliphatic heterocycles. The van der Waals surface area contributed by atoms with Crippen LogP contribution in [0.2, 0.25) is 0 Å². The highest BCUT2D eigenvalue weighted by atomic mass is 19.1. The number of nitrogens with zero attached hydrogens (tertiary/aromatic N) is 4. The van der Waals surface area contributed by atoms with Gasteiger partial charge in [-0.1, -0.05) is 25.5 Å². The summed E-state index contributed by atoms with van der Waals surface area (Å²) in [5.74, 6) is -0.548. The largest absolute Gasteiger partial charge is 0.345 e. The van der Waals surface area contributed by atoms with Crippen LogP contribution in [0.4, 0.5) is 9.18 Å². The summed E-state index contributed by atoms with van der Waals surface area (Å²) in [6.45, 7) is 2.58. The van der Waals surface area contributed by atoms with E-state index in [9.17, 15) is 14.0 Å². The number of aromatic nitrogens is 5. The zero-order valence-electron chi connectivity index (χ0n) is 14.6. The fraction of sp³-hybridized carbons (Fsp3) is 0.222. The van der Waals surface area contributed by atoms with Crippen LogP contribution in [0.3, 0.4) is 0 Å². The number of aromatic amines is 1. The van der Waals surface area contributed by atoms with Gasteiger partial charge in [0.25, 0.3) is 5.56 Å². The van der Waals surface area contributed by atoms with Gasteiger partial charge in [0.2, 0.25) is 0 Å². The molecule has 1 amide bonds. The molecule has 2 aliphatic rings. The molecule has 27 heavy (non-hydrogen) atoms. The standard InChI is InChI=1S/C18H17FN6O2/c1-2-3-8-20-18(27)25-16-11(10-22-25)15-12(9-21-16)17(26)24(23-15)14-7-5-4-6-13(14)19/h4-7,9-10,21H,2-3,8H2,1H3,(H,20,27). The van der Waals surface area contributed by atoms with Crippen molar-refractivity contribution in [1.29, 1.82) is 0 Å². The molecule has 0 aliphatic carbocycles. The first kappa shape index (κ1) is 17.0. The van der Waals surface area contributed by atoms with Gasteiger partial charge in [-0.3, -0.25) is 4.79 Å². The molecule has 0 spiro atoms. The molecule has 0 saturated heterocycles. The quantitative estimate of drug-likeness (QED) is 0.541. The van der Waals surface area contributed by atoms with Crippen molar-refractivity contribution in [2.24, 2.45) is 0 Å². The average molecular weight is 368 g/mol. The third-order valence-corrected chi connectivity index (χ3v) is 4.34. The number of nitrogens with one attached hydrogen (secondary N) is 2. The van der Waals surface area contributed by atoms with Gasteiger partial charge >= 0.3 is 6.03 Å². The van der Waals surface area contributed by atoms with Gasteiger partial charge in [0.15, 0.2) is 0 Å². The smallest absolute Gasteiger partial charge is 0.344 e. The highest BCUT2D eigenvalue weighted by Crippen LogP contribution is 2.26. The van der Waals surface area contributed by atoms with Crippen molar-refractivity contribution in [3.8, 4) is 16.9 Å². The van der Waals surface area contributed by atoms with E-state index in [2.05, 4.69) is 20.5 Å². The Hall–Kier alpha value is -3.49. The first-order valence-corrected chi connectivity index (χ1v) is 8.63. The van der Waals surface area contributed by atoms with E-state index in [0.717, 1.165) is 17.5 Å². The van der Waals surface area contributed by atoms with Crippen LogP contribution in [-0.2, 0) is 0 Å². The van der Waals surface area contributed by atoms with Gasteiger partial charge in [0.05, 0.1) is 17.1 Å². The molecule has 0 fully saturated rings. The second-order valence-corrected chi connectivity index (χ2v) is 6.12. The van der Waals surface area contributed by atoms with Crippen LogP contribution in [0.5, 0.6) is 0 Å². The minimum absolute atomic E-state index is 0.0663. The van der Waals surface area contributed by atoms with E-state index in [4.69, 9.17) is 0 Å². The number of benzene rings is 1. The average Bonchev–Trinajstić information content (AvgIpc) is 3.24. The van der Waals surface area contributed by atoms with Gasteiger partial charge in [0, 0.05) is 12.7 Å². The zero-order valence-corrected chi connectivity index (χ0v) is 14.6. The fourth-order valence-electron chi connectivity index (χ4n) is 2.93. The first-order valence-electron chi connectivity index (χ1n) is 8.63. The summed E-state index contributed by atoms with van der Waals surface area (Å²) in [4.78, 5) is 27.9. The lowest BCUT2D eigenvalue weighted by Gasteiger charge is -2.05. The molecule has 0 radical (unpaired) electrons. The highest BCUT2D eigenvalue weighted by molar-refractivity contribution is 5.95. The SMILES string of the molecule is CCCCNC(=O)n1ncc2c3nn(-c4ccccc4F)c(=O)c-3c[nH]c21. The third-order valence-electron chi connectivity index (χ3n) is 4.34. The van der Waals surface area contributed by atoms with Crippen molar-refractivity contribution < 1.29 is 9.18 Å². The first-order chi connectivity index (χ1) is 13.1. The lowest BCUT2D eigenvalue weighted by atomic mass is 10.2. The second-order valence-electron chi connectivity index (χ2n) is 6.12. The van der Waals surface area contributed by atoms with Crippen molar-refractivity contribution in [2.75, 3.05) is 6.54 Å². The number of fused-ring (bicyclic) bond motifs is 3. The predicted molar refractivity (Wildman–Crippen MR) is 97.8 cm³/mol. The van der Waals surface area contributed by atoms with Gasteiger partial charge in [-0.25, -0.2) is 9.18 Å². The van der Waals surface area contributed by atoms with Crippen LogP contribution in [-0.4, -0.2) is 37.1 Å². The summed E-state index contributed by atoms with van der Waals surface area (Å²) in [6, 6.07) is 5.55. The molecular weight excluding hydrogens is 351 g/mol. The number of unbranched alkanes of at least 4 members (excludes halogenated alkanes) is 1. The van der Waals surface area contributed by atoms with Crippen LogP contribution in [0, 0.1) is 5.82 Å². The number of rotatable bonds is 4. The monoisotopic (exact) mass is 368 g/mol. The number of halogens is 1.